The maximum Gasteiger partial charge on any atom is 0.269 e. The van der Waals surface area contributed by atoms with E-state index in [4.69, 9.17) is 0 Å². The molecule has 2 aromatic rings. The predicted octanol–water partition coefficient (Wildman–Crippen LogP) is 3.02. The van der Waals surface area contributed by atoms with Crippen LogP contribution in [0.2, 0.25) is 0 Å². The number of rotatable bonds is 4. The molecule has 1 amide bonds. The molecule has 0 atom stereocenters. The molecule has 3 rings (SSSR count). The van der Waals surface area contributed by atoms with Crippen LogP contribution in [0, 0.1) is 10.1 Å². The molecular weight excluding hydrogens is 326 g/mol. The number of nitro groups is 1. The van der Waals surface area contributed by atoms with Crippen LogP contribution in [-0.2, 0) is 4.79 Å². The second-order valence-electron chi connectivity index (χ2n) is 5.43. The molecule has 6 nitrogen and oxygen atoms in total. The fourth-order valence-corrected chi connectivity index (χ4v) is 3.23. The van der Waals surface area contributed by atoms with Crippen molar-refractivity contribution >= 4 is 34.7 Å². The molecule has 1 saturated heterocycles. The lowest BCUT2D eigenvalue weighted by molar-refractivity contribution is -0.384. The normalized spacial score (nSPS) is 15.0. The lowest BCUT2D eigenvalue weighted by Gasteiger charge is -2.35. The van der Waals surface area contributed by atoms with E-state index in [1.165, 1.54) is 12.1 Å². The van der Waals surface area contributed by atoms with Crippen molar-refractivity contribution in [3.05, 3.63) is 62.8 Å². The average Bonchev–Trinajstić information content (AvgIpc) is 3.13. The number of nitrogens with zero attached hydrogens (tertiary/aromatic N) is 3. The van der Waals surface area contributed by atoms with Crippen LogP contribution in [0.4, 0.5) is 11.4 Å². The van der Waals surface area contributed by atoms with Gasteiger partial charge in [-0.25, -0.2) is 0 Å². The Hall–Kier alpha value is -2.67. The quantitative estimate of drug-likeness (QED) is 0.486. The monoisotopic (exact) mass is 343 g/mol. The van der Waals surface area contributed by atoms with E-state index < -0.39 is 4.92 Å². The van der Waals surface area contributed by atoms with Crippen LogP contribution in [-0.4, -0.2) is 41.9 Å². The molecule has 1 aliphatic rings. The summed E-state index contributed by atoms with van der Waals surface area (Å²) in [6, 6.07) is 10.5. The number of hydrogen-bond donors (Lipinski definition) is 0. The Bertz CT molecular complexity index is 733. The summed E-state index contributed by atoms with van der Waals surface area (Å²) in [7, 11) is 0. The minimum atomic E-state index is -0.402. The molecule has 1 aromatic carbocycles. The predicted molar refractivity (Wildman–Crippen MR) is 95.2 cm³/mol. The van der Waals surface area contributed by atoms with Crippen LogP contribution in [0.1, 0.15) is 4.88 Å². The van der Waals surface area contributed by atoms with E-state index in [0.29, 0.717) is 13.1 Å². The highest BCUT2D eigenvalue weighted by atomic mass is 32.1. The second kappa shape index (κ2) is 7.27. The molecule has 0 radical (unpaired) electrons. The zero-order valence-electron chi connectivity index (χ0n) is 13.0. The fraction of sp³-hybridized carbons (Fsp3) is 0.235. The van der Waals surface area contributed by atoms with E-state index in [0.717, 1.165) is 23.7 Å². The van der Waals surface area contributed by atoms with E-state index in [9.17, 15) is 14.9 Å². The number of hydrogen-bond acceptors (Lipinski definition) is 5. The third-order valence-corrected chi connectivity index (χ3v) is 4.79. The van der Waals surface area contributed by atoms with E-state index in [1.54, 1.807) is 29.5 Å². The number of thiophene rings is 1. The third kappa shape index (κ3) is 3.80. The van der Waals surface area contributed by atoms with Crippen molar-refractivity contribution in [3.8, 4) is 0 Å². The Balaban J connectivity index is 1.55. The molecule has 124 valence electrons. The van der Waals surface area contributed by atoms with Crippen LogP contribution in [0.15, 0.2) is 47.9 Å². The van der Waals surface area contributed by atoms with Crippen molar-refractivity contribution in [2.75, 3.05) is 31.1 Å². The van der Waals surface area contributed by atoms with Crippen LogP contribution in [0.25, 0.3) is 6.08 Å². The molecule has 0 aliphatic carbocycles. The van der Waals surface area contributed by atoms with E-state index in [2.05, 4.69) is 4.90 Å². The van der Waals surface area contributed by atoms with Crippen molar-refractivity contribution in [2.45, 2.75) is 0 Å². The summed E-state index contributed by atoms with van der Waals surface area (Å²) in [6.07, 6.45) is 3.46. The van der Waals surface area contributed by atoms with Gasteiger partial charge in [0, 0.05) is 55.0 Å². The lowest BCUT2D eigenvalue weighted by atomic mass is 10.2. The molecular formula is C17H17N3O3S. The van der Waals surface area contributed by atoms with Crippen molar-refractivity contribution in [1.29, 1.82) is 0 Å². The number of carbonyl (C=O) groups is 1. The van der Waals surface area contributed by atoms with Gasteiger partial charge in [0.15, 0.2) is 0 Å². The third-order valence-electron chi connectivity index (χ3n) is 3.95. The zero-order valence-corrected chi connectivity index (χ0v) is 13.8. The highest BCUT2D eigenvalue weighted by Gasteiger charge is 2.20. The SMILES string of the molecule is O=C(/C=C/c1cccs1)N1CCN(c2ccc([N+](=O)[O-])cc2)CC1. The van der Waals surface area contributed by atoms with Crippen molar-refractivity contribution < 1.29 is 9.72 Å². The number of carbonyl (C=O) groups excluding carboxylic acids is 1. The summed E-state index contributed by atoms with van der Waals surface area (Å²) in [5.41, 5.74) is 1.04. The molecule has 0 saturated carbocycles. The largest absolute Gasteiger partial charge is 0.368 e. The maximum atomic E-state index is 12.2. The first-order valence-electron chi connectivity index (χ1n) is 7.63. The first-order chi connectivity index (χ1) is 11.6. The van der Waals surface area contributed by atoms with Gasteiger partial charge in [-0.2, -0.15) is 0 Å². The Morgan fingerprint density at radius 1 is 1.12 bits per heavy atom. The highest BCUT2D eigenvalue weighted by Crippen LogP contribution is 2.20. The lowest BCUT2D eigenvalue weighted by Crippen LogP contribution is -2.48. The summed E-state index contributed by atoms with van der Waals surface area (Å²) in [4.78, 5) is 27.5. The molecule has 7 heteroatoms. The Labute approximate surface area is 143 Å². The van der Waals surface area contributed by atoms with Crippen molar-refractivity contribution in [2.24, 2.45) is 0 Å². The molecule has 0 bridgehead atoms. The number of piperazine rings is 1. The molecule has 2 heterocycles. The molecule has 1 fully saturated rings. The second-order valence-corrected chi connectivity index (χ2v) is 6.41. The summed E-state index contributed by atoms with van der Waals surface area (Å²) >= 11 is 1.60. The van der Waals surface area contributed by atoms with Gasteiger partial charge in [0.2, 0.25) is 5.91 Å². The Morgan fingerprint density at radius 3 is 2.42 bits per heavy atom. The number of anilines is 1. The van der Waals surface area contributed by atoms with Gasteiger partial charge in [-0.05, 0) is 29.7 Å². The topological polar surface area (TPSA) is 66.7 Å². The minimum absolute atomic E-state index is 0.0201. The minimum Gasteiger partial charge on any atom is -0.368 e. The van der Waals surface area contributed by atoms with Gasteiger partial charge >= 0.3 is 0 Å². The summed E-state index contributed by atoms with van der Waals surface area (Å²) in [5, 5.41) is 12.7. The van der Waals surface area contributed by atoms with Crippen LogP contribution >= 0.6 is 11.3 Å². The first-order valence-corrected chi connectivity index (χ1v) is 8.51. The van der Waals surface area contributed by atoms with E-state index >= 15 is 0 Å². The van der Waals surface area contributed by atoms with Gasteiger partial charge in [0.1, 0.15) is 0 Å². The molecule has 0 spiro atoms. The van der Waals surface area contributed by atoms with Gasteiger partial charge in [0.05, 0.1) is 4.92 Å². The van der Waals surface area contributed by atoms with E-state index in [1.807, 2.05) is 28.5 Å². The van der Waals surface area contributed by atoms with Gasteiger partial charge in [-0.1, -0.05) is 6.07 Å². The van der Waals surface area contributed by atoms with Crippen molar-refractivity contribution in [1.82, 2.24) is 4.90 Å². The summed E-state index contributed by atoms with van der Waals surface area (Å²) in [6.45, 7) is 2.72. The molecule has 24 heavy (non-hydrogen) atoms. The van der Waals surface area contributed by atoms with Gasteiger partial charge in [-0.3, -0.25) is 14.9 Å². The standard InChI is InChI=1S/C17H17N3O3S/c21-17(8-7-16-2-1-13-24-16)19-11-9-18(10-12-19)14-3-5-15(6-4-14)20(22)23/h1-8,13H,9-12H2/b8-7+. The van der Waals surface area contributed by atoms with Crippen LogP contribution in [0.5, 0.6) is 0 Å². The highest BCUT2D eigenvalue weighted by molar-refractivity contribution is 7.10. The summed E-state index contributed by atoms with van der Waals surface area (Å²) in [5.74, 6) is 0.0201. The fourth-order valence-electron chi connectivity index (χ4n) is 2.62. The number of benzene rings is 1. The number of nitro benzene ring substituents is 1. The first kappa shape index (κ1) is 16.2. The summed E-state index contributed by atoms with van der Waals surface area (Å²) < 4.78 is 0. The molecule has 0 N–H and O–H groups in total. The average molecular weight is 343 g/mol. The maximum absolute atomic E-state index is 12.2. The Morgan fingerprint density at radius 2 is 1.83 bits per heavy atom. The zero-order chi connectivity index (χ0) is 16.9. The van der Waals surface area contributed by atoms with Gasteiger partial charge < -0.3 is 9.80 Å². The van der Waals surface area contributed by atoms with Crippen molar-refractivity contribution in [3.63, 3.8) is 0 Å². The number of non-ortho nitro benzene ring substituents is 1. The smallest absolute Gasteiger partial charge is 0.269 e. The van der Waals surface area contributed by atoms with Gasteiger partial charge in [0.25, 0.3) is 5.69 Å². The van der Waals surface area contributed by atoms with Crippen LogP contribution < -0.4 is 4.90 Å². The molecule has 1 aliphatic heterocycles. The Kier molecular flexibility index (Phi) is 4.90. The van der Waals surface area contributed by atoms with E-state index in [-0.39, 0.29) is 11.6 Å². The number of amides is 1. The van der Waals surface area contributed by atoms with Crippen LogP contribution in [0.3, 0.4) is 0 Å². The molecule has 1 aromatic heterocycles. The molecule has 0 unspecified atom stereocenters. The van der Waals surface area contributed by atoms with Gasteiger partial charge in [-0.15, -0.1) is 11.3 Å².